The maximum absolute atomic E-state index is 11.4. The number of aromatic amines is 1. The van der Waals surface area contributed by atoms with Gasteiger partial charge in [-0.15, -0.1) is 5.10 Å². The second-order valence-corrected chi connectivity index (χ2v) is 5.28. The number of para-hydroxylation sites is 1. The predicted molar refractivity (Wildman–Crippen MR) is 80.5 cm³/mol. The molecule has 0 aliphatic carbocycles. The maximum Gasteiger partial charge on any atom is 0.343 e. The van der Waals surface area contributed by atoms with Crippen LogP contribution in [0.25, 0.3) is 0 Å². The third-order valence-corrected chi connectivity index (χ3v) is 3.89. The Morgan fingerprint density at radius 1 is 1.48 bits per heavy atom. The van der Waals surface area contributed by atoms with Gasteiger partial charge in [0.1, 0.15) is 11.8 Å². The van der Waals surface area contributed by atoms with E-state index in [1.165, 1.54) is 11.8 Å². The number of hydrogen-bond donors (Lipinski definition) is 1. The van der Waals surface area contributed by atoms with E-state index in [2.05, 4.69) is 16.3 Å². The summed E-state index contributed by atoms with van der Waals surface area (Å²) >= 11 is 1.51. The zero-order chi connectivity index (χ0) is 15.1. The molecule has 0 saturated heterocycles. The van der Waals surface area contributed by atoms with Crippen LogP contribution in [0.1, 0.15) is 18.9 Å². The Labute approximate surface area is 126 Å². The number of hydrogen-bond acceptors (Lipinski definition) is 5. The zero-order valence-corrected chi connectivity index (χ0v) is 12.5. The Morgan fingerprint density at radius 3 is 3.05 bits per heavy atom. The fourth-order valence-electron chi connectivity index (χ4n) is 1.78. The maximum atomic E-state index is 11.4. The molecule has 1 aromatic carbocycles. The number of rotatable bonds is 7. The molecule has 0 radical (unpaired) electrons. The molecule has 6 nitrogen and oxygen atoms in total. The molecule has 0 spiro atoms. The van der Waals surface area contributed by atoms with Crippen LogP contribution in [-0.4, -0.2) is 27.1 Å². The molecule has 0 aliphatic rings. The summed E-state index contributed by atoms with van der Waals surface area (Å²) in [5, 5.41) is 16.1. The third-order valence-electron chi connectivity index (χ3n) is 2.82. The van der Waals surface area contributed by atoms with Crippen molar-refractivity contribution < 1.29 is 4.74 Å². The van der Waals surface area contributed by atoms with E-state index < -0.39 is 0 Å². The number of aromatic nitrogens is 3. The predicted octanol–water partition coefficient (Wildman–Crippen LogP) is 2.02. The molecule has 1 heterocycles. The van der Waals surface area contributed by atoms with Gasteiger partial charge in [0.15, 0.2) is 5.16 Å². The molecule has 7 heteroatoms. The monoisotopic (exact) mass is 304 g/mol. The van der Waals surface area contributed by atoms with Crippen molar-refractivity contribution in [3.05, 3.63) is 40.3 Å². The molecule has 0 atom stereocenters. The third kappa shape index (κ3) is 3.89. The Bertz CT molecular complexity index is 687. The van der Waals surface area contributed by atoms with Crippen molar-refractivity contribution in [3.8, 4) is 11.8 Å². The molecule has 21 heavy (non-hydrogen) atoms. The van der Waals surface area contributed by atoms with Gasteiger partial charge in [0, 0.05) is 12.3 Å². The van der Waals surface area contributed by atoms with Crippen LogP contribution in [0.15, 0.2) is 34.2 Å². The summed E-state index contributed by atoms with van der Waals surface area (Å²) in [5.41, 5.74) is 0.358. The first kappa shape index (κ1) is 15.2. The fraction of sp³-hybridized carbons (Fsp3) is 0.357. The molecule has 0 amide bonds. The van der Waals surface area contributed by atoms with Crippen LogP contribution in [0.5, 0.6) is 5.75 Å². The fourth-order valence-corrected chi connectivity index (χ4v) is 2.70. The molecule has 1 aromatic heterocycles. The summed E-state index contributed by atoms with van der Waals surface area (Å²) in [6.07, 6.45) is 0.801. The molecule has 2 aromatic rings. The Balaban J connectivity index is 1.78. The van der Waals surface area contributed by atoms with Crippen LogP contribution >= 0.6 is 11.8 Å². The number of nitriles is 1. The minimum atomic E-state index is -0.181. The van der Waals surface area contributed by atoms with Gasteiger partial charge in [-0.1, -0.05) is 23.9 Å². The van der Waals surface area contributed by atoms with Gasteiger partial charge in [0.2, 0.25) is 0 Å². The largest absolute Gasteiger partial charge is 0.492 e. The lowest BCUT2D eigenvalue weighted by Crippen LogP contribution is -2.16. The van der Waals surface area contributed by atoms with Gasteiger partial charge in [-0.05, 0) is 25.5 Å². The van der Waals surface area contributed by atoms with Gasteiger partial charge in [-0.2, -0.15) is 5.26 Å². The standard InChI is InChI=1S/C14H16N4O2S/c1-2-18-13(19)16-17-14(18)21-9-5-8-20-12-7-4-3-6-11(12)10-15/h3-4,6-7H,2,5,8-9H2,1H3,(H,16,19). The highest BCUT2D eigenvalue weighted by Gasteiger charge is 2.07. The van der Waals surface area contributed by atoms with Gasteiger partial charge in [-0.25, -0.2) is 9.89 Å². The first-order valence-electron chi connectivity index (χ1n) is 6.66. The molecule has 2 rings (SSSR count). The minimum Gasteiger partial charge on any atom is -0.492 e. The number of thioether (sulfide) groups is 1. The number of H-pyrrole nitrogens is 1. The van der Waals surface area contributed by atoms with E-state index in [4.69, 9.17) is 10.00 Å². The molecule has 0 aliphatic heterocycles. The number of nitrogens with zero attached hydrogens (tertiary/aromatic N) is 3. The van der Waals surface area contributed by atoms with Crippen LogP contribution in [0.4, 0.5) is 0 Å². The molecule has 1 N–H and O–H groups in total. The van der Waals surface area contributed by atoms with E-state index in [1.807, 2.05) is 19.1 Å². The molecule has 0 saturated carbocycles. The summed E-state index contributed by atoms with van der Waals surface area (Å²) in [6.45, 7) is 3.03. The van der Waals surface area contributed by atoms with Crippen LogP contribution in [0, 0.1) is 11.3 Å². The summed E-state index contributed by atoms with van der Waals surface area (Å²) in [6, 6.07) is 9.26. The number of benzene rings is 1. The summed E-state index contributed by atoms with van der Waals surface area (Å²) in [4.78, 5) is 11.4. The lowest BCUT2D eigenvalue weighted by atomic mass is 10.2. The minimum absolute atomic E-state index is 0.181. The Hall–Kier alpha value is -2.20. The van der Waals surface area contributed by atoms with Crippen molar-refractivity contribution in [2.75, 3.05) is 12.4 Å². The quantitative estimate of drug-likeness (QED) is 0.625. The van der Waals surface area contributed by atoms with Gasteiger partial charge < -0.3 is 4.74 Å². The van der Waals surface area contributed by atoms with E-state index in [1.54, 1.807) is 16.7 Å². The summed E-state index contributed by atoms with van der Waals surface area (Å²) < 4.78 is 7.19. The van der Waals surface area contributed by atoms with Gasteiger partial charge in [-0.3, -0.25) is 4.57 Å². The first-order chi connectivity index (χ1) is 10.3. The van der Waals surface area contributed by atoms with Crippen molar-refractivity contribution in [3.63, 3.8) is 0 Å². The highest BCUT2D eigenvalue weighted by molar-refractivity contribution is 7.99. The van der Waals surface area contributed by atoms with E-state index in [0.29, 0.717) is 29.6 Å². The highest BCUT2D eigenvalue weighted by Crippen LogP contribution is 2.18. The van der Waals surface area contributed by atoms with E-state index in [9.17, 15) is 4.79 Å². The van der Waals surface area contributed by atoms with E-state index in [-0.39, 0.29) is 5.69 Å². The summed E-state index contributed by atoms with van der Waals surface area (Å²) in [7, 11) is 0. The van der Waals surface area contributed by atoms with Crippen molar-refractivity contribution in [2.45, 2.75) is 25.0 Å². The van der Waals surface area contributed by atoms with Gasteiger partial charge >= 0.3 is 5.69 Å². The van der Waals surface area contributed by atoms with Gasteiger partial charge in [0.05, 0.1) is 12.2 Å². The molecule has 0 fully saturated rings. The van der Waals surface area contributed by atoms with Crippen LogP contribution in [0.3, 0.4) is 0 Å². The SMILES string of the molecule is CCn1c(SCCCOc2ccccc2C#N)n[nH]c1=O. The molecular weight excluding hydrogens is 288 g/mol. The van der Waals surface area contributed by atoms with Crippen molar-refractivity contribution in [2.24, 2.45) is 0 Å². The van der Waals surface area contributed by atoms with Crippen molar-refractivity contribution in [1.82, 2.24) is 14.8 Å². The van der Waals surface area contributed by atoms with Crippen molar-refractivity contribution >= 4 is 11.8 Å². The summed E-state index contributed by atoms with van der Waals surface area (Å²) in [5.74, 6) is 1.40. The molecule has 0 bridgehead atoms. The van der Waals surface area contributed by atoms with E-state index in [0.717, 1.165) is 12.2 Å². The topological polar surface area (TPSA) is 83.7 Å². The average molecular weight is 304 g/mol. The van der Waals surface area contributed by atoms with Crippen LogP contribution < -0.4 is 10.4 Å². The molecule has 0 unspecified atom stereocenters. The second kappa shape index (κ2) is 7.55. The Kier molecular flexibility index (Phi) is 5.46. The molecular formula is C14H16N4O2S. The van der Waals surface area contributed by atoms with E-state index >= 15 is 0 Å². The van der Waals surface area contributed by atoms with Crippen LogP contribution in [0.2, 0.25) is 0 Å². The first-order valence-corrected chi connectivity index (χ1v) is 7.64. The smallest absolute Gasteiger partial charge is 0.343 e. The highest BCUT2D eigenvalue weighted by atomic mass is 32.2. The number of ether oxygens (including phenoxy) is 1. The van der Waals surface area contributed by atoms with Crippen molar-refractivity contribution in [1.29, 1.82) is 5.26 Å². The Morgan fingerprint density at radius 2 is 2.29 bits per heavy atom. The lowest BCUT2D eigenvalue weighted by molar-refractivity contribution is 0.318. The second-order valence-electron chi connectivity index (χ2n) is 4.21. The number of nitrogens with one attached hydrogen (secondary N) is 1. The normalized spacial score (nSPS) is 10.3. The van der Waals surface area contributed by atoms with Gasteiger partial charge in [0.25, 0.3) is 0 Å². The average Bonchev–Trinajstić information content (AvgIpc) is 2.87. The van der Waals surface area contributed by atoms with Crippen LogP contribution in [-0.2, 0) is 6.54 Å². The zero-order valence-electron chi connectivity index (χ0n) is 11.7. The molecule has 110 valence electrons. The lowest BCUT2D eigenvalue weighted by Gasteiger charge is -2.07.